The van der Waals surface area contributed by atoms with E-state index in [1.165, 1.54) is 6.07 Å². The van der Waals surface area contributed by atoms with Gasteiger partial charge in [0.25, 0.3) is 0 Å². The van der Waals surface area contributed by atoms with Gasteiger partial charge in [0, 0.05) is 59.5 Å². The van der Waals surface area contributed by atoms with Gasteiger partial charge in [0.2, 0.25) is 5.95 Å². The number of aryl methyl sites for hydroxylation is 1. The number of hydrogen-bond acceptors (Lipinski definition) is 6. The van der Waals surface area contributed by atoms with Gasteiger partial charge in [-0.25, -0.2) is 14.4 Å². The molecular formula is C22H18FN7O. The lowest BCUT2D eigenvalue weighted by atomic mass is 10.0. The molecule has 1 aliphatic rings. The summed E-state index contributed by atoms with van der Waals surface area (Å²) in [6.07, 6.45) is 7.74. The van der Waals surface area contributed by atoms with E-state index >= 15 is 0 Å². The summed E-state index contributed by atoms with van der Waals surface area (Å²) in [6.45, 7) is 2.89. The first-order valence-corrected chi connectivity index (χ1v) is 9.99. The third-order valence-corrected chi connectivity index (χ3v) is 5.74. The van der Waals surface area contributed by atoms with Crippen molar-refractivity contribution in [3.63, 3.8) is 0 Å². The van der Waals surface area contributed by atoms with Gasteiger partial charge in [-0.2, -0.15) is 0 Å². The average Bonchev–Trinajstić information content (AvgIpc) is 3.53. The lowest BCUT2D eigenvalue weighted by Gasteiger charge is -2.13. The van der Waals surface area contributed by atoms with Crippen LogP contribution < -0.4 is 10.1 Å². The highest BCUT2D eigenvalue weighted by atomic mass is 19.1. The highest BCUT2D eigenvalue weighted by Crippen LogP contribution is 2.31. The van der Waals surface area contributed by atoms with Crippen molar-refractivity contribution in [3.8, 4) is 16.9 Å². The number of benzene rings is 1. The van der Waals surface area contributed by atoms with Crippen LogP contribution in [0, 0.1) is 12.7 Å². The molecule has 0 bridgehead atoms. The number of nitrogens with one attached hydrogen (secondary N) is 1. The number of pyridine rings is 1. The predicted molar refractivity (Wildman–Crippen MR) is 113 cm³/mol. The Labute approximate surface area is 176 Å². The quantitative estimate of drug-likeness (QED) is 0.484. The molecule has 0 atom stereocenters. The van der Waals surface area contributed by atoms with Crippen molar-refractivity contribution < 1.29 is 9.13 Å². The van der Waals surface area contributed by atoms with Crippen molar-refractivity contribution in [2.75, 3.05) is 11.9 Å². The first-order chi connectivity index (χ1) is 15.2. The standard InChI is InChI=1S/C22H18FN7O/c1-13-2-3-15(20-24-7-8-29(13)20)17-11-26-22(30-12-27-28-21(17)30)25-10-16-14-6-9-31-19(14)5-4-18(16)23/h2-5,7-8,11-12H,6,9-10H2,1H3,(H,25,26). The van der Waals surface area contributed by atoms with Crippen LogP contribution in [0.3, 0.4) is 0 Å². The number of halogens is 1. The van der Waals surface area contributed by atoms with E-state index in [9.17, 15) is 4.39 Å². The van der Waals surface area contributed by atoms with Gasteiger partial charge < -0.3 is 14.5 Å². The van der Waals surface area contributed by atoms with Crippen molar-refractivity contribution in [2.24, 2.45) is 0 Å². The summed E-state index contributed by atoms with van der Waals surface area (Å²) in [5.74, 6) is 1.03. The molecule has 9 heteroatoms. The summed E-state index contributed by atoms with van der Waals surface area (Å²) >= 11 is 0. The van der Waals surface area contributed by atoms with Crippen LogP contribution in [-0.2, 0) is 13.0 Å². The molecule has 5 heterocycles. The Balaban J connectivity index is 1.40. The highest BCUT2D eigenvalue weighted by molar-refractivity contribution is 5.86. The second-order valence-corrected chi connectivity index (χ2v) is 7.48. The van der Waals surface area contributed by atoms with E-state index in [-0.39, 0.29) is 12.4 Å². The monoisotopic (exact) mass is 415 g/mol. The first kappa shape index (κ1) is 17.8. The summed E-state index contributed by atoms with van der Waals surface area (Å²) in [6, 6.07) is 7.17. The molecule has 31 heavy (non-hydrogen) atoms. The molecule has 0 fully saturated rings. The molecule has 0 unspecified atom stereocenters. The second-order valence-electron chi connectivity index (χ2n) is 7.48. The smallest absolute Gasteiger partial charge is 0.210 e. The number of aromatic nitrogens is 6. The fraction of sp³-hybridized carbons (Fsp3) is 0.182. The molecule has 8 nitrogen and oxygen atoms in total. The molecule has 5 aromatic rings. The minimum absolute atomic E-state index is 0.255. The van der Waals surface area contributed by atoms with E-state index in [1.54, 1.807) is 29.2 Å². The van der Waals surface area contributed by atoms with Crippen LogP contribution in [-0.4, -0.2) is 35.6 Å². The van der Waals surface area contributed by atoms with Crippen LogP contribution in [0.1, 0.15) is 16.8 Å². The van der Waals surface area contributed by atoms with Crippen molar-refractivity contribution >= 4 is 17.2 Å². The number of nitrogens with zero attached hydrogens (tertiary/aromatic N) is 6. The van der Waals surface area contributed by atoms with Gasteiger partial charge in [-0.05, 0) is 31.2 Å². The Morgan fingerprint density at radius 1 is 1.10 bits per heavy atom. The van der Waals surface area contributed by atoms with Crippen LogP contribution in [0.15, 0.2) is 49.2 Å². The summed E-state index contributed by atoms with van der Waals surface area (Å²) < 4.78 is 23.8. The molecule has 1 aliphatic heterocycles. The van der Waals surface area contributed by atoms with Crippen molar-refractivity contribution in [1.82, 2.24) is 29.0 Å². The summed E-state index contributed by atoms with van der Waals surface area (Å²) in [7, 11) is 0. The van der Waals surface area contributed by atoms with Crippen molar-refractivity contribution in [3.05, 3.63) is 71.8 Å². The fourth-order valence-corrected chi connectivity index (χ4v) is 4.17. The molecule has 6 rings (SSSR count). The Hall–Kier alpha value is -4.01. The lowest BCUT2D eigenvalue weighted by molar-refractivity contribution is 0.356. The van der Waals surface area contributed by atoms with Gasteiger partial charge in [-0.15, -0.1) is 10.2 Å². The van der Waals surface area contributed by atoms with E-state index in [2.05, 4.69) is 25.5 Å². The average molecular weight is 415 g/mol. The number of fused-ring (bicyclic) bond motifs is 3. The maximum Gasteiger partial charge on any atom is 0.210 e. The molecule has 1 aromatic carbocycles. The number of anilines is 1. The first-order valence-electron chi connectivity index (χ1n) is 9.99. The van der Waals surface area contributed by atoms with E-state index in [4.69, 9.17) is 4.74 Å². The van der Waals surface area contributed by atoms with Crippen LogP contribution >= 0.6 is 0 Å². The van der Waals surface area contributed by atoms with Crippen LogP contribution in [0.4, 0.5) is 10.3 Å². The molecule has 0 saturated heterocycles. The van der Waals surface area contributed by atoms with Crippen molar-refractivity contribution in [2.45, 2.75) is 19.9 Å². The lowest BCUT2D eigenvalue weighted by Crippen LogP contribution is -2.10. The number of ether oxygens (including phenoxy) is 1. The SMILES string of the molecule is Cc1ccc(-c2cnc(NCc3c(F)ccc4c3CCO4)n3cnnc23)c2nccn12. The normalized spacial score (nSPS) is 13.0. The molecule has 0 spiro atoms. The fourth-order valence-electron chi connectivity index (χ4n) is 4.17. The molecule has 0 aliphatic carbocycles. The van der Waals surface area contributed by atoms with E-state index < -0.39 is 0 Å². The third-order valence-electron chi connectivity index (χ3n) is 5.74. The van der Waals surface area contributed by atoms with Gasteiger partial charge in [0.15, 0.2) is 5.65 Å². The van der Waals surface area contributed by atoms with Gasteiger partial charge in [-0.3, -0.25) is 4.40 Å². The molecule has 0 amide bonds. The minimum Gasteiger partial charge on any atom is -0.493 e. The zero-order valence-corrected chi connectivity index (χ0v) is 16.7. The number of hydrogen-bond donors (Lipinski definition) is 1. The third kappa shape index (κ3) is 2.73. The maximum atomic E-state index is 14.5. The zero-order valence-electron chi connectivity index (χ0n) is 16.7. The zero-order chi connectivity index (χ0) is 20.9. The number of imidazole rings is 1. The highest BCUT2D eigenvalue weighted by Gasteiger charge is 2.20. The largest absolute Gasteiger partial charge is 0.493 e. The van der Waals surface area contributed by atoms with Gasteiger partial charge in [0.05, 0.1) is 6.61 Å². The Morgan fingerprint density at radius 3 is 2.97 bits per heavy atom. The molecule has 0 saturated carbocycles. The van der Waals surface area contributed by atoms with E-state index in [1.807, 2.05) is 29.7 Å². The summed E-state index contributed by atoms with van der Waals surface area (Å²) in [4.78, 5) is 9.09. The summed E-state index contributed by atoms with van der Waals surface area (Å²) in [5, 5.41) is 11.6. The molecule has 4 aromatic heterocycles. The van der Waals surface area contributed by atoms with Crippen LogP contribution in [0.5, 0.6) is 5.75 Å². The topological polar surface area (TPSA) is 81.6 Å². The van der Waals surface area contributed by atoms with Crippen LogP contribution in [0.2, 0.25) is 0 Å². The van der Waals surface area contributed by atoms with Gasteiger partial charge in [0.1, 0.15) is 23.5 Å². The molecule has 1 N–H and O–H groups in total. The van der Waals surface area contributed by atoms with Crippen molar-refractivity contribution in [1.29, 1.82) is 0 Å². The minimum atomic E-state index is -0.255. The Bertz CT molecular complexity index is 1460. The maximum absolute atomic E-state index is 14.5. The molecule has 0 radical (unpaired) electrons. The Morgan fingerprint density at radius 2 is 2.03 bits per heavy atom. The van der Waals surface area contributed by atoms with E-state index in [0.717, 1.165) is 33.8 Å². The van der Waals surface area contributed by atoms with Crippen LogP contribution in [0.25, 0.3) is 22.4 Å². The van der Waals surface area contributed by atoms with E-state index in [0.29, 0.717) is 30.2 Å². The molecular weight excluding hydrogens is 397 g/mol. The molecule has 154 valence electrons. The Kier molecular flexibility index (Phi) is 3.89. The number of rotatable bonds is 4. The summed E-state index contributed by atoms with van der Waals surface area (Å²) in [5.41, 5.74) is 5.80. The second kappa shape index (κ2) is 6.76. The predicted octanol–water partition coefficient (Wildman–Crippen LogP) is 3.43. The van der Waals surface area contributed by atoms with Gasteiger partial charge in [-0.1, -0.05) is 0 Å². The van der Waals surface area contributed by atoms with Gasteiger partial charge >= 0.3 is 0 Å².